The van der Waals surface area contributed by atoms with Crippen LogP contribution in [-0.4, -0.2) is 17.8 Å². The fraction of sp³-hybridized carbons (Fsp3) is 0.455. The Morgan fingerprint density at radius 2 is 1.87 bits per heavy atom. The van der Waals surface area contributed by atoms with Gasteiger partial charge in [0.2, 0.25) is 0 Å². The van der Waals surface area contributed by atoms with E-state index in [1.165, 1.54) is 0 Å². The molecule has 2 N–H and O–H groups in total. The summed E-state index contributed by atoms with van der Waals surface area (Å²) in [5, 5.41) is 0. The SMILES string of the molecule is CCP(=O)(CC)CSc1ccccc1N. The Morgan fingerprint density at radius 1 is 1.27 bits per heavy atom. The van der Waals surface area contributed by atoms with Crippen molar-refractivity contribution in [2.45, 2.75) is 18.7 Å². The lowest BCUT2D eigenvalue weighted by molar-refractivity contribution is 0.579. The van der Waals surface area contributed by atoms with Crippen molar-refractivity contribution in [1.82, 2.24) is 0 Å². The lowest BCUT2D eigenvalue weighted by atomic mass is 10.3. The molecule has 0 saturated heterocycles. The van der Waals surface area contributed by atoms with Crippen LogP contribution in [0.2, 0.25) is 0 Å². The van der Waals surface area contributed by atoms with Crippen LogP contribution in [0.25, 0.3) is 0 Å². The van der Waals surface area contributed by atoms with Crippen molar-refractivity contribution in [2.75, 3.05) is 23.6 Å². The van der Waals surface area contributed by atoms with Crippen molar-refractivity contribution in [2.24, 2.45) is 0 Å². The minimum absolute atomic E-state index is 0.703. The highest BCUT2D eigenvalue weighted by Crippen LogP contribution is 2.49. The molecule has 0 aliphatic rings. The zero-order chi connectivity index (χ0) is 11.3. The van der Waals surface area contributed by atoms with Crippen LogP contribution in [0.15, 0.2) is 29.2 Å². The van der Waals surface area contributed by atoms with Gasteiger partial charge in [-0.05, 0) is 24.5 Å². The molecule has 0 aromatic heterocycles. The molecule has 0 aliphatic carbocycles. The molecular formula is C11H18NOPS. The third kappa shape index (κ3) is 3.58. The molecule has 0 atom stereocenters. The Kier molecular flexibility index (Phi) is 4.75. The van der Waals surface area contributed by atoms with E-state index in [9.17, 15) is 4.57 Å². The van der Waals surface area contributed by atoms with Crippen LogP contribution in [0, 0.1) is 0 Å². The van der Waals surface area contributed by atoms with E-state index in [0.29, 0.717) is 5.49 Å². The lowest BCUT2D eigenvalue weighted by Gasteiger charge is -2.14. The molecule has 0 amide bonds. The number of nitrogens with two attached hydrogens (primary N) is 1. The van der Waals surface area contributed by atoms with Crippen molar-refractivity contribution in [1.29, 1.82) is 0 Å². The average molecular weight is 243 g/mol. The first-order chi connectivity index (χ1) is 7.11. The molecule has 2 nitrogen and oxygen atoms in total. The molecule has 1 rings (SSSR count). The van der Waals surface area contributed by atoms with E-state index in [1.54, 1.807) is 11.8 Å². The highest BCUT2D eigenvalue weighted by molar-refractivity contribution is 8.05. The second kappa shape index (κ2) is 5.62. The fourth-order valence-electron chi connectivity index (χ4n) is 1.21. The van der Waals surface area contributed by atoms with Gasteiger partial charge < -0.3 is 10.3 Å². The third-order valence-electron chi connectivity index (χ3n) is 2.53. The zero-order valence-electron chi connectivity index (χ0n) is 9.27. The van der Waals surface area contributed by atoms with Gasteiger partial charge in [0.25, 0.3) is 0 Å². The molecule has 0 unspecified atom stereocenters. The molecule has 0 saturated carbocycles. The summed E-state index contributed by atoms with van der Waals surface area (Å²) < 4.78 is 12.2. The zero-order valence-corrected chi connectivity index (χ0v) is 11.0. The van der Waals surface area contributed by atoms with Crippen LogP contribution in [0.4, 0.5) is 5.69 Å². The van der Waals surface area contributed by atoms with Crippen molar-refractivity contribution < 1.29 is 4.57 Å². The van der Waals surface area contributed by atoms with Crippen LogP contribution in [0.3, 0.4) is 0 Å². The number of anilines is 1. The number of nitrogen functional groups attached to an aromatic ring is 1. The van der Waals surface area contributed by atoms with E-state index in [4.69, 9.17) is 5.73 Å². The molecule has 1 aromatic carbocycles. The molecular weight excluding hydrogens is 225 g/mol. The molecule has 0 fully saturated rings. The summed E-state index contributed by atoms with van der Waals surface area (Å²) in [7, 11) is -1.96. The van der Waals surface area contributed by atoms with Gasteiger partial charge in [0.15, 0.2) is 0 Å². The van der Waals surface area contributed by atoms with Gasteiger partial charge in [0.1, 0.15) is 0 Å². The molecule has 15 heavy (non-hydrogen) atoms. The predicted octanol–water partition coefficient (Wildman–Crippen LogP) is 3.72. The number of hydrogen-bond acceptors (Lipinski definition) is 3. The summed E-state index contributed by atoms with van der Waals surface area (Å²) in [4.78, 5) is 1.04. The molecule has 84 valence electrons. The Bertz CT molecular complexity index is 359. The number of para-hydroxylation sites is 1. The van der Waals surface area contributed by atoms with E-state index in [0.717, 1.165) is 22.9 Å². The summed E-state index contributed by atoms with van der Waals surface area (Å²) in [6.07, 6.45) is 1.56. The van der Waals surface area contributed by atoms with Gasteiger partial charge in [0.05, 0.1) is 12.6 Å². The highest BCUT2D eigenvalue weighted by Gasteiger charge is 2.17. The first-order valence-corrected chi connectivity index (χ1v) is 8.40. The first kappa shape index (κ1) is 12.7. The standard InChI is InChI=1S/C11H18NOPS/c1-3-14(13,4-2)9-15-11-8-6-5-7-10(11)12/h5-8H,3-4,9,12H2,1-2H3. The smallest absolute Gasteiger partial charge is 0.0969 e. The maximum atomic E-state index is 12.2. The van der Waals surface area contributed by atoms with Gasteiger partial charge in [-0.15, -0.1) is 11.8 Å². The molecule has 0 radical (unpaired) electrons. The molecule has 0 spiro atoms. The second-order valence-corrected chi connectivity index (χ2v) is 8.64. The second-order valence-electron chi connectivity index (χ2n) is 3.50. The van der Waals surface area contributed by atoms with Gasteiger partial charge in [-0.25, -0.2) is 0 Å². The molecule has 4 heteroatoms. The summed E-state index contributed by atoms with van der Waals surface area (Å²) >= 11 is 1.62. The highest BCUT2D eigenvalue weighted by atomic mass is 32.2. The largest absolute Gasteiger partial charge is 0.398 e. The Balaban J connectivity index is 2.65. The van der Waals surface area contributed by atoms with Gasteiger partial charge in [-0.3, -0.25) is 0 Å². The maximum absolute atomic E-state index is 12.2. The predicted molar refractivity (Wildman–Crippen MR) is 70.3 cm³/mol. The minimum Gasteiger partial charge on any atom is -0.398 e. The van der Waals surface area contributed by atoms with Gasteiger partial charge in [-0.1, -0.05) is 26.0 Å². The monoisotopic (exact) mass is 243 g/mol. The van der Waals surface area contributed by atoms with Crippen LogP contribution in [0.5, 0.6) is 0 Å². The van der Waals surface area contributed by atoms with Crippen LogP contribution >= 0.6 is 18.9 Å². The molecule has 1 aromatic rings. The first-order valence-electron chi connectivity index (χ1n) is 5.15. The summed E-state index contributed by atoms with van der Waals surface area (Å²) in [5.41, 5.74) is 7.30. The normalized spacial score (nSPS) is 11.6. The Morgan fingerprint density at radius 3 is 2.40 bits per heavy atom. The number of rotatable bonds is 5. The van der Waals surface area contributed by atoms with Gasteiger partial charge >= 0.3 is 0 Å². The van der Waals surface area contributed by atoms with Crippen LogP contribution < -0.4 is 5.73 Å². The van der Waals surface area contributed by atoms with E-state index in [1.807, 2.05) is 38.1 Å². The summed E-state index contributed by atoms with van der Waals surface area (Å²) in [6.45, 7) is 4.00. The van der Waals surface area contributed by atoms with E-state index < -0.39 is 7.14 Å². The van der Waals surface area contributed by atoms with E-state index in [-0.39, 0.29) is 0 Å². The van der Waals surface area contributed by atoms with E-state index in [2.05, 4.69) is 0 Å². The van der Waals surface area contributed by atoms with Crippen molar-refractivity contribution in [3.05, 3.63) is 24.3 Å². The van der Waals surface area contributed by atoms with Crippen molar-refractivity contribution in [3.63, 3.8) is 0 Å². The molecule has 0 heterocycles. The fourth-order valence-corrected chi connectivity index (χ4v) is 5.02. The van der Waals surface area contributed by atoms with Crippen LogP contribution in [-0.2, 0) is 4.57 Å². The minimum atomic E-state index is -1.96. The van der Waals surface area contributed by atoms with Gasteiger partial charge in [-0.2, -0.15) is 0 Å². The van der Waals surface area contributed by atoms with Crippen molar-refractivity contribution in [3.8, 4) is 0 Å². The van der Waals surface area contributed by atoms with Crippen molar-refractivity contribution >= 4 is 24.6 Å². The maximum Gasteiger partial charge on any atom is 0.0969 e. The average Bonchev–Trinajstić information content (AvgIpc) is 2.28. The number of benzene rings is 1. The number of thioether (sulfide) groups is 1. The molecule has 0 bridgehead atoms. The molecule has 0 aliphatic heterocycles. The topological polar surface area (TPSA) is 43.1 Å². The number of hydrogen-bond donors (Lipinski definition) is 1. The summed E-state index contributed by atoms with van der Waals surface area (Å²) in [5.74, 6) is 0. The Labute approximate surface area is 96.0 Å². The van der Waals surface area contributed by atoms with Crippen LogP contribution in [0.1, 0.15) is 13.8 Å². The van der Waals surface area contributed by atoms with Gasteiger partial charge in [0, 0.05) is 10.6 Å². The third-order valence-corrected chi connectivity index (χ3v) is 7.91. The lowest BCUT2D eigenvalue weighted by Crippen LogP contribution is -1.94. The Hall–Kier alpha value is -0.400. The quantitative estimate of drug-likeness (QED) is 0.487. The summed E-state index contributed by atoms with van der Waals surface area (Å²) in [6, 6.07) is 7.74. The van der Waals surface area contributed by atoms with E-state index >= 15 is 0 Å².